The zero-order valence-electron chi connectivity index (χ0n) is 13.5. The standard InChI is InChI=1S/C18H18N2O2S2/c1-3-22-17(21)13-14(12-7-5-4-6-8-12)19-18(23)20-15(13)16-11(2)9-10-24-16/h4-10,15H,3H2,1-2H3,(H2,19,20,23). The Morgan fingerprint density at radius 2 is 2.04 bits per heavy atom. The Morgan fingerprint density at radius 1 is 1.29 bits per heavy atom. The summed E-state index contributed by atoms with van der Waals surface area (Å²) in [4.78, 5) is 13.8. The lowest BCUT2D eigenvalue weighted by Gasteiger charge is -2.30. The van der Waals surface area contributed by atoms with Gasteiger partial charge in [0.15, 0.2) is 5.11 Å². The minimum absolute atomic E-state index is 0.312. The minimum atomic E-state index is -0.336. The van der Waals surface area contributed by atoms with Gasteiger partial charge in [-0.1, -0.05) is 30.3 Å². The highest BCUT2D eigenvalue weighted by Crippen LogP contribution is 2.35. The van der Waals surface area contributed by atoms with E-state index in [-0.39, 0.29) is 12.0 Å². The Bertz CT molecular complexity index is 796. The molecule has 0 aliphatic carbocycles. The molecule has 2 heterocycles. The lowest BCUT2D eigenvalue weighted by molar-refractivity contribution is -0.138. The number of rotatable bonds is 4. The van der Waals surface area contributed by atoms with Crippen molar-refractivity contribution >= 4 is 40.3 Å². The summed E-state index contributed by atoms with van der Waals surface area (Å²) in [7, 11) is 0. The van der Waals surface area contributed by atoms with Gasteiger partial charge < -0.3 is 15.4 Å². The molecule has 0 amide bonds. The van der Waals surface area contributed by atoms with Crippen molar-refractivity contribution in [2.24, 2.45) is 0 Å². The van der Waals surface area contributed by atoms with Gasteiger partial charge in [-0.25, -0.2) is 4.79 Å². The van der Waals surface area contributed by atoms with E-state index in [2.05, 4.69) is 10.6 Å². The molecular weight excluding hydrogens is 340 g/mol. The molecule has 2 N–H and O–H groups in total. The van der Waals surface area contributed by atoms with Crippen molar-refractivity contribution in [1.29, 1.82) is 0 Å². The minimum Gasteiger partial charge on any atom is -0.463 e. The zero-order chi connectivity index (χ0) is 17.1. The van der Waals surface area contributed by atoms with Crippen molar-refractivity contribution in [1.82, 2.24) is 10.6 Å². The first-order valence-corrected chi connectivity index (χ1v) is 8.98. The molecule has 0 spiro atoms. The molecule has 0 saturated heterocycles. The maximum atomic E-state index is 12.7. The third-order valence-corrected chi connectivity index (χ3v) is 5.10. The van der Waals surface area contributed by atoms with Crippen LogP contribution in [0.3, 0.4) is 0 Å². The summed E-state index contributed by atoms with van der Waals surface area (Å²) in [5.74, 6) is -0.336. The predicted octanol–water partition coefficient (Wildman–Crippen LogP) is 3.55. The van der Waals surface area contributed by atoms with Gasteiger partial charge in [0, 0.05) is 4.88 Å². The van der Waals surface area contributed by atoms with Gasteiger partial charge in [0.05, 0.1) is 23.9 Å². The number of nitrogens with one attached hydrogen (secondary N) is 2. The first kappa shape index (κ1) is 16.7. The Labute approximate surface area is 150 Å². The van der Waals surface area contributed by atoms with Gasteiger partial charge >= 0.3 is 5.97 Å². The summed E-state index contributed by atoms with van der Waals surface area (Å²) in [5, 5.41) is 8.87. The average Bonchev–Trinajstić information content (AvgIpc) is 3.01. The summed E-state index contributed by atoms with van der Waals surface area (Å²) in [5.41, 5.74) is 3.29. The van der Waals surface area contributed by atoms with E-state index in [0.717, 1.165) is 16.0 Å². The van der Waals surface area contributed by atoms with Crippen LogP contribution in [0.2, 0.25) is 0 Å². The second kappa shape index (κ2) is 7.15. The molecule has 0 radical (unpaired) electrons. The van der Waals surface area contributed by atoms with Gasteiger partial charge in [0.25, 0.3) is 0 Å². The van der Waals surface area contributed by atoms with Crippen molar-refractivity contribution in [2.75, 3.05) is 6.61 Å². The second-order valence-electron chi connectivity index (χ2n) is 5.37. The van der Waals surface area contributed by atoms with Crippen LogP contribution in [0.15, 0.2) is 47.4 Å². The van der Waals surface area contributed by atoms with Crippen LogP contribution in [0.25, 0.3) is 5.70 Å². The van der Waals surface area contributed by atoms with Crippen LogP contribution in [-0.4, -0.2) is 17.7 Å². The van der Waals surface area contributed by atoms with E-state index in [1.165, 1.54) is 0 Å². The third kappa shape index (κ3) is 3.20. The molecule has 1 aromatic heterocycles. The van der Waals surface area contributed by atoms with E-state index >= 15 is 0 Å². The van der Waals surface area contributed by atoms with Crippen molar-refractivity contribution < 1.29 is 9.53 Å². The van der Waals surface area contributed by atoms with Crippen LogP contribution in [0, 0.1) is 6.92 Å². The average molecular weight is 358 g/mol. The largest absolute Gasteiger partial charge is 0.463 e. The number of thiocarbonyl (C=S) groups is 1. The maximum Gasteiger partial charge on any atom is 0.338 e. The number of esters is 1. The molecule has 0 saturated carbocycles. The molecule has 0 bridgehead atoms. The van der Waals surface area contributed by atoms with Gasteiger partial charge in [-0.15, -0.1) is 11.3 Å². The molecule has 1 aliphatic rings. The highest BCUT2D eigenvalue weighted by atomic mass is 32.1. The van der Waals surface area contributed by atoms with Gasteiger partial charge in [-0.3, -0.25) is 0 Å². The van der Waals surface area contributed by atoms with Crippen molar-refractivity contribution in [2.45, 2.75) is 19.9 Å². The fourth-order valence-electron chi connectivity index (χ4n) is 2.70. The number of benzene rings is 1. The van der Waals surface area contributed by atoms with E-state index in [0.29, 0.717) is 23.0 Å². The normalized spacial score (nSPS) is 17.2. The molecule has 1 aliphatic heterocycles. The first-order chi connectivity index (χ1) is 11.6. The van der Waals surface area contributed by atoms with Gasteiger partial charge in [-0.05, 0) is 48.6 Å². The first-order valence-electron chi connectivity index (χ1n) is 7.70. The number of hydrogen-bond acceptors (Lipinski definition) is 4. The van der Waals surface area contributed by atoms with Crippen LogP contribution in [0.4, 0.5) is 0 Å². The Balaban J connectivity index is 2.18. The number of ether oxygens (including phenoxy) is 1. The predicted molar refractivity (Wildman–Crippen MR) is 101 cm³/mol. The van der Waals surface area contributed by atoms with Crippen LogP contribution in [0.5, 0.6) is 0 Å². The third-order valence-electron chi connectivity index (χ3n) is 3.79. The Kier molecular flexibility index (Phi) is 4.97. The number of hydrogen-bond donors (Lipinski definition) is 2. The molecular formula is C18H18N2O2S2. The quantitative estimate of drug-likeness (QED) is 0.647. The molecule has 1 atom stereocenters. The Morgan fingerprint density at radius 3 is 2.67 bits per heavy atom. The number of carbonyl (C=O) groups excluding carboxylic acids is 1. The number of carbonyl (C=O) groups is 1. The lowest BCUT2D eigenvalue weighted by atomic mass is 9.95. The molecule has 1 unspecified atom stereocenters. The topological polar surface area (TPSA) is 50.4 Å². The molecule has 24 heavy (non-hydrogen) atoms. The Hall–Kier alpha value is -2.18. The highest BCUT2D eigenvalue weighted by molar-refractivity contribution is 7.80. The molecule has 2 aromatic rings. The van der Waals surface area contributed by atoms with Crippen molar-refractivity contribution in [3.8, 4) is 0 Å². The smallest absolute Gasteiger partial charge is 0.338 e. The number of aryl methyl sites for hydroxylation is 1. The van der Waals surface area contributed by atoms with E-state index < -0.39 is 0 Å². The molecule has 6 heteroatoms. The van der Waals surface area contributed by atoms with Crippen molar-refractivity contribution in [3.63, 3.8) is 0 Å². The summed E-state index contributed by atoms with van der Waals surface area (Å²) >= 11 is 6.98. The fourth-order valence-corrected chi connectivity index (χ4v) is 3.91. The maximum absolute atomic E-state index is 12.7. The van der Waals surface area contributed by atoms with E-state index in [4.69, 9.17) is 17.0 Å². The summed E-state index contributed by atoms with van der Waals surface area (Å²) < 4.78 is 5.32. The molecule has 124 valence electrons. The molecule has 1 aromatic carbocycles. The zero-order valence-corrected chi connectivity index (χ0v) is 15.1. The summed E-state index contributed by atoms with van der Waals surface area (Å²) in [6.45, 7) is 4.16. The SMILES string of the molecule is CCOC(=O)C1=C(c2ccccc2)NC(=S)NC1c1sccc1C. The van der Waals surface area contributed by atoms with Gasteiger partial charge in [0.2, 0.25) is 0 Å². The lowest BCUT2D eigenvalue weighted by Crippen LogP contribution is -2.45. The fraction of sp³-hybridized carbons (Fsp3) is 0.222. The van der Waals surface area contributed by atoms with E-state index in [1.807, 2.05) is 48.7 Å². The van der Waals surface area contributed by atoms with E-state index in [9.17, 15) is 4.79 Å². The monoisotopic (exact) mass is 358 g/mol. The molecule has 4 nitrogen and oxygen atoms in total. The highest BCUT2D eigenvalue weighted by Gasteiger charge is 2.34. The summed E-state index contributed by atoms with van der Waals surface area (Å²) in [6.07, 6.45) is 0. The van der Waals surface area contributed by atoms with Crippen LogP contribution in [0.1, 0.15) is 29.0 Å². The van der Waals surface area contributed by atoms with Gasteiger partial charge in [0.1, 0.15) is 0 Å². The van der Waals surface area contributed by atoms with Crippen LogP contribution >= 0.6 is 23.6 Å². The molecule has 3 rings (SSSR count). The van der Waals surface area contributed by atoms with Crippen LogP contribution < -0.4 is 10.6 Å². The van der Waals surface area contributed by atoms with Crippen molar-refractivity contribution in [3.05, 3.63) is 63.4 Å². The van der Waals surface area contributed by atoms with Crippen LogP contribution in [-0.2, 0) is 9.53 Å². The molecule has 0 fully saturated rings. The second-order valence-corrected chi connectivity index (χ2v) is 6.73. The van der Waals surface area contributed by atoms with Gasteiger partial charge in [-0.2, -0.15) is 0 Å². The number of thiophene rings is 1. The van der Waals surface area contributed by atoms with E-state index in [1.54, 1.807) is 18.3 Å². The summed E-state index contributed by atoms with van der Waals surface area (Å²) in [6, 6.07) is 11.4.